The third-order valence-electron chi connectivity index (χ3n) is 21.8. The molecular weight excluding hydrogens is 1330 g/mol. The van der Waals surface area contributed by atoms with Gasteiger partial charge in [0.2, 0.25) is 30.7 Å². The van der Waals surface area contributed by atoms with Crippen LogP contribution >= 0.6 is 0 Å². The number of nitriles is 3. The van der Waals surface area contributed by atoms with Gasteiger partial charge in [-0.3, -0.25) is 28.3 Å². The average Bonchev–Trinajstić information content (AvgIpc) is 1.61. The zero-order valence-corrected chi connectivity index (χ0v) is 60.1. The van der Waals surface area contributed by atoms with Crippen molar-refractivity contribution in [1.82, 2.24) is 77.6 Å². The lowest BCUT2D eigenvalue weighted by atomic mass is 9.96. The molecule has 0 bridgehead atoms. The molecule has 2 amide bonds. The van der Waals surface area contributed by atoms with E-state index in [9.17, 15) is 25.4 Å². The molecule has 0 radical (unpaired) electrons. The summed E-state index contributed by atoms with van der Waals surface area (Å²) in [4.78, 5) is 33.1. The molecule has 0 spiro atoms. The summed E-state index contributed by atoms with van der Waals surface area (Å²) in [5.74, 6) is 2.02. The van der Waals surface area contributed by atoms with Crippen LogP contribution in [0.2, 0.25) is 0 Å². The first-order chi connectivity index (χ1) is 51.9. The number of carbonyl (C=O) groups is 2. The topological polar surface area (TPSA) is 283 Å². The molecule has 0 aromatic carbocycles. The van der Waals surface area contributed by atoms with Gasteiger partial charge in [0.1, 0.15) is 6.04 Å². The van der Waals surface area contributed by atoms with Gasteiger partial charge in [0.25, 0.3) is 0 Å². The molecule has 12 aromatic rings. The third kappa shape index (κ3) is 15.0. The fraction of sp³-hybridized carbons (Fsp3) is 0.400. The SMILES string of the molecule is Cc1cc2c(-c3cnn(C(CC#N)C4CCCC4)c3)c(NC=O)cnn2c1.Cc1ccc2c(-c3cnn(C(CC#N)C4CCCC4)c3)c(NC=O)cnn12.[C-]#[N+]CC(C1CCCC1)n1cc(-c2c([N+]#[C-])cnn3c(C)ccc23)cn1.[C-]#[N+]c1cnn2cc(C)cc2c1-c1cnn(C(CC#N)C2CCCC2)c1. The molecule has 4 unspecified atom stereocenters. The molecule has 4 aliphatic carbocycles. The van der Waals surface area contributed by atoms with Crippen molar-refractivity contribution in [3.63, 3.8) is 0 Å². The number of hydrogen-bond donors (Lipinski definition) is 2. The van der Waals surface area contributed by atoms with Crippen molar-refractivity contribution in [2.75, 3.05) is 17.2 Å². The largest absolute Gasteiger partial charge is 0.327 e. The molecule has 0 saturated heterocycles. The number of anilines is 2. The van der Waals surface area contributed by atoms with Gasteiger partial charge in [0.05, 0.1) is 152 Å². The van der Waals surface area contributed by atoms with E-state index in [4.69, 9.17) is 19.7 Å². The van der Waals surface area contributed by atoms with Gasteiger partial charge in [-0.2, -0.15) is 56.6 Å². The van der Waals surface area contributed by atoms with Crippen molar-refractivity contribution in [2.45, 2.75) is 174 Å². The van der Waals surface area contributed by atoms with Gasteiger partial charge in [-0.05, 0) is 150 Å². The molecule has 536 valence electrons. The van der Waals surface area contributed by atoms with Gasteiger partial charge in [0, 0.05) is 93.1 Å². The second-order valence-electron chi connectivity index (χ2n) is 28.4. The summed E-state index contributed by atoms with van der Waals surface area (Å²) < 4.78 is 15.1. The van der Waals surface area contributed by atoms with E-state index in [1.54, 1.807) is 29.3 Å². The van der Waals surface area contributed by atoms with Crippen LogP contribution in [0.1, 0.15) is 169 Å². The standard InChI is InChI=1S/2C20H22N6O.2C20H20N6/c1-14-8-19-20(17(22-13-27)10-24-25(19)11-14)16-9-23-26(12-16)18(6-7-21)15-4-2-3-5-15;1-14-6-7-19-20(17(22-13-27)11-24-26(14)19)16-10-23-25(12-16)18(8-9-21)15-4-2-3-5-15;1-14-8-9-18-20(17(22-3)11-24-26(14)18)16-10-23-25(13-16)19(12-21-2)15-6-4-5-7-15;1-14-9-19-20(17(22-2)11-24-25(19)12-14)16-10-23-26(13-16)18(7-8-21)15-5-3-4-6-15/h8-13,15,18H,2-6H2,1H3,(H,22,27);6-7,10-13,15,18H,2-5,8H2,1H3,(H,22,27);8-11,13,15,19H,4-7,12H2,1H3;9-13,15,18H,3-7H2,1H3. The maximum atomic E-state index is 11.1. The Morgan fingerprint density at radius 2 is 0.764 bits per heavy atom. The molecule has 16 rings (SSSR count). The summed E-state index contributed by atoms with van der Waals surface area (Å²) >= 11 is 0. The van der Waals surface area contributed by atoms with Gasteiger partial charge in [-0.15, -0.1) is 0 Å². The predicted octanol–water partition coefficient (Wildman–Crippen LogP) is 16.8. The lowest BCUT2D eigenvalue weighted by Gasteiger charge is -2.21. The number of aromatic nitrogens is 16. The van der Waals surface area contributed by atoms with Crippen molar-refractivity contribution in [3.05, 3.63) is 180 Å². The molecule has 0 aliphatic heterocycles. The Hall–Kier alpha value is -12.5. The van der Waals surface area contributed by atoms with Crippen LogP contribution in [0.25, 0.3) is 81.1 Å². The minimum atomic E-state index is 0.0973. The normalized spacial score (nSPS) is 15.8. The van der Waals surface area contributed by atoms with Crippen LogP contribution < -0.4 is 10.6 Å². The molecular formula is C80H84N24O2. The fourth-order valence-corrected chi connectivity index (χ4v) is 16.7. The first kappa shape index (κ1) is 71.9. The maximum absolute atomic E-state index is 11.1. The molecule has 12 heterocycles. The van der Waals surface area contributed by atoms with Crippen molar-refractivity contribution in [3.8, 4) is 62.7 Å². The lowest BCUT2D eigenvalue weighted by Crippen LogP contribution is -2.20. The smallest absolute Gasteiger partial charge is 0.237 e. The van der Waals surface area contributed by atoms with Crippen molar-refractivity contribution in [1.29, 1.82) is 15.8 Å². The number of rotatable bonds is 20. The first-order valence-electron chi connectivity index (χ1n) is 36.6. The van der Waals surface area contributed by atoms with E-state index < -0.39 is 0 Å². The number of fused-ring (bicyclic) bond motifs is 4. The Kier molecular flexibility index (Phi) is 22.3. The minimum Gasteiger partial charge on any atom is -0.327 e. The molecule has 26 nitrogen and oxygen atoms in total. The Morgan fingerprint density at radius 3 is 1.16 bits per heavy atom. The number of carbonyl (C=O) groups excluding carboxylic acids is 2. The fourth-order valence-electron chi connectivity index (χ4n) is 16.7. The summed E-state index contributed by atoms with van der Waals surface area (Å²) in [6, 6.07) is 19.5. The first-order valence-corrected chi connectivity index (χ1v) is 36.6. The second kappa shape index (κ2) is 32.9. The number of amides is 2. The molecule has 4 saturated carbocycles. The summed E-state index contributed by atoms with van der Waals surface area (Å²) in [6.07, 6.45) is 47.5. The average molecular weight is 1410 g/mol. The van der Waals surface area contributed by atoms with Crippen LogP contribution in [0.15, 0.2) is 123 Å². The Labute approximate surface area is 614 Å². The van der Waals surface area contributed by atoms with Gasteiger partial charge < -0.3 is 15.5 Å². The number of nitrogens with one attached hydrogen (secondary N) is 2. The number of aryl methyl sites for hydroxylation is 4. The monoisotopic (exact) mass is 1410 g/mol. The Balaban J connectivity index is 0.000000125. The Bertz CT molecular complexity index is 5190. The third-order valence-corrected chi connectivity index (χ3v) is 21.8. The van der Waals surface area contributed by atoms with Crippen LogP contribution in [0.5, 0.6) is 0 Å². The van der Waals surface area contributed by atoms with Gasteiger partial charge in [-0.1, -0.05) is 51.4 Å². The summed E-state index contributed by atoms with van der Waals surface area (Å²) in [5.41, 5.74) is 17.4. The van der Waals surface area contributed by atoms with Crippen molar-refractivity contribution in [2.24, 2.45) is 23.7 Å². The van der Waals surface area contributed by atoms with Gasteiger partial charge >= 0.3 is 0 Å². The van der Waals surface area contributed by atoms with Crippen LogP contribution in [-0.2, 0) is 9.59 Å². The molecule has 2 N–H and O–H groups in total. The van der Waals surface area contributed by atoms with Gasteiger partial charge in [0.15, 0.2) is 0 Å². The number of nitrogens with zero attached hydrogens (tertiary/aromatic N) is 22. The van der Waals surface area contributed by atoms with Crippen molar-refractivity contribution >= 4 is 57.6 Å². The molecule has 4 aliphatic rings. The zero-order valence-electron chi connectivity index (χ0n) is 60.1. The van der Waals surface area contributed by atoms with Crippen LogP contribution in [0, 0.1) is 105 Å². The highest BCUT2D eigenvalue weighted by atomic mass is 16.1. The van der Waals surface area contributed by atoms with Crippen LogP contribution in [0.4, 0.5) is 22.7 Å². The van der Waals surface area contributed by atoms with E-state index in [-0.39, 0.29) is 24.2 Å². The number of hydrogen-bond acceptors (Lipinski definition) is 13. The van der Waals surface area contributed by atoms with E-state index in [0.717, 1.165) is 128 Å². The van der Waals surface area contributed by atoms with Crippen molar-refractivity contribution < 1.29 is 9.59 Å². The van der Waals surface area contributed by atoms with Gasteiger partial charge in [-0.25, -0.2) is 34.3 Å². The maximum Gasteiger partial charge on any atom is 0.237 e. The van der Waals surface area contributed by atoms with Crippen LogP contribution in [-0.4, -0.2) is 96.9 Å². The molecule has 4 fully saturated rings. The minimum absolute atomic E-state index is 0.0973. The van der Waals surface area contributed by atoms with Crippen LogP contribution in [0.3, 0.4) is 0 Å². The summed E-state index contributed by atoms with van der Waals surface area (Å²) in [6.45, 7) is 30.8. The highest BCUT2D eigenvalue weighted by Crippen LogP contribution is 2.44. The molecule has 26 heteroatoms. The quantitative estimate of drug-likeness (QED) is 0.0531. The summed E-state index contributed by atoms with van der Waals surface area (Å²) in [7, 11) is 0. The predicted molar refractivity (Wildman–Crippen MR) is 403 cm³/mol. The lowest BCUT2D eigenvalue weighted by molar-refractivity contribution is -0.106. The highest BCUT2D eigenvalue weighted by Gasteiger charge is 2.33. The van der Waals surface area contributed by atoms with E-state index >= 15 is 0 Å². The van der Waals surface area contributed by atoms with E-state index in [1.807, 2.05) is 158 Å². The second-order valence-corrected chi connectivity index (χ2v) is 28.4. The van der Waals surface area contributed by atoms with E-state index in [2.05, 4.69) is 84.2 Å². The Morgan fingerprint density at radius 1 is 0.434 bits per heavy atom. The van der Waals surface area contributed by atoms with E-state index in [0.29, 0.717) is 85.0 Å². The highest BCUT2D eigenvalue weighted by molar-refractivity contribution is 5.95. The van der Waals surface area contributed by atoms with E-state index in [1.165, 1.54) is 64.2 Å². The summed E-state index contributed by atoms with van der Waals surface area (Å²) in [5, 5.41) is 69.2. The molecule has 106 heavy (non-hydrogen) atoms. The molecule has 12 aromatic heterocycles. The molecule has 4 atom stereocenters. The zero-order chi connectivity index (χ0) is 73.8.